The molecule has 2 nitrogen and oxygen atoms in total. The van der Waals surface area contributed by atoms with Crippen molar-refractivity contribution in [3.63, 3.8) is 0 Å². The molecule has 3 rings (SSSR count). The third-order valence-corrected chi connectivity index (χ3v) is 4.12. The predicted molar refractivity (Wildman–Crippen MR) is 86.8 cm³/mol. The van der Waals surface area contributed by atoms with Crippen molar-refractivity contribution in [1.82, 2.24) is 0 Å². The highest BCUT2D eigenvalue weighted by Crippen LogP contribution is 2.42. The van der Waals surface area contributed by atoms with E-state index in [9.17, 15) is 0 Å². The van der Waals surface area contributed by atoms with E-state index in [0.29, 0.717) is 12.0 Å². The summed E-state index contributed by atoms with van der Waals surface area (Å²) >= 11 is 0. The van der Waals surface area contributed by atoms with E-state index in [2.05, 4.69) is 29.4 Å². The van der Waals surface area contributed by atoms with Gasteiger partial charge in [-0.05, 0) is 48.6 Å². The molecule has 0 spiro atoms. The van der Waals surface area contributed by atoms with Crippen molar-refractivity contribution < 1.29 is 4.74 Å². The van der Waals surface area contributed by atoms with Gasteiger partial charge in [-0.3, -0.25) is 0 Å². The Kier molecular flexibility index (Phi) is 3.83. The average molecular weight is 277 g/mol. The number of para-hydroxylation sites is 1. The number of hydrogen-bond donors (Lipinski definition) is 1. The zero-order valence-corrected chi connectivity index (χ0v) is 12.2. The first-order valence-corrected chi connectivity index (χ1v) is 7.26. The molecule has 1 aliphatic carbocycles. The highest BCUT2D eigenvalue weighted by Gasteiger charge is 2.31. The number of methoxy groups -OCH3 is 1. The molecule has 0 unspecified atom stereocenters. The predicted octanol–water partition coefficient (Wildman–Crippen LogP) is 4.03. The van der Waals surface area contributed by atoms with Gasteiger partial charge in [-0.25, -0.2) is 0 Å². The van der Waals surface area contributed by atoms with Crippen LogP contribution in [-0.4, -0.2) is 13.2 Å². The van der Waals surface area contributed by atoms with Crippen molar-refractivity contribution in [3.05, 3.63) is 59.7 Å². The lowest BCUT2D eigenvalue weighted by atomic mass is 9.75. The molecule has 0 amide bonds. The Hall–Kier alpha value is -2.40. The monoisotopic (exact) mass is 277 g/mol. The van der Waals surface area contributed by atoms with Crippen molar-refractivity contribution in [3.8, 4) is 18.1 Å². The van der Waals surface area contributed by atoms with Gasteiger partial charge in [0, 0.05) is 17.3 Å². The topological polar surface area (TPSA) is 21.3 Å². The second kappa shape index (κ2) is 5.93. The maximum absolute atomic E-state index is 5.44. The van der Waals surface area contributed by atoms with E-state index in [4.69, 9.17) is 11.2 Å². The second-order valence-corrected chi connectivity index (χ2v) is 5.48. The zero-order chi connectivity index (χ0) is 14.7. The molecule has 2 heteroatoms. The minimum absolute atomic E-state index is 0.507. The lowest BCUT2D eigenvalue weighted by Gasteiger charge is -2.37. The van der Waals surface area contributed by atoms with Gasteiger partial charge in [0.15, 0.2) is 0 Å². The van der Waals surface area contributed by atoms with Crippen LogP contribution in [-0.2, 0) is 0 Å². The number of benzene rings is 2. The molecule has 2 aromatic rings. The fourth-order valence-corrected chi connectivity index (χ4v) is 2.93. The molecule has 0 aliphatic heterocycles. The molecule has 106 valence electrons. The van der Waals surface area contributed by atoms with E-state index < -0.39 is 0 Å². The van der Waals surface area contributed by atoms with E-state index >= 15 is 0 Å². The van der Waals surface area contributed by atoms with Gasteiger partial charge in [0.1, 0.15) is 5.75 Å². The van der Waals surface area contributed by atoms with Crippen LogP contribution in [0, 0.1) is 12.3 Å². The summed E-state index contributed by atoms with van der Waals surface area (Å²) in [6, 6.07) is 16.8. The SMILES string of the molecule is C#Cc1cccc(NC2CC(c3ccccc3OC)C2)c1. The van der Waals surface area contributed by atoms with E-state index in [-0.39, 0.29) is 0 Å². The molecule has 0 aromatic heterocycles. The summed E-state index contributed by atoms with van der Waals surface area (Å²) in [5.74, 6) is 4.24. The number of rotatable bonds is 4. The van der Waals surface area contributed by atoms with Gasteiger partial charge in [-0.2, -0.15) is 0 Å². The molecule has 0 saturated heterocycles. The molecule has 1 saturated carbocycles. The molecule has 2 aromatic carbocycles. The maximum atomic E-state index is 5.44. The zero-order valence-electron chi connectivity index (χ0n) is 12.2. The lowest BCUT2D eigenvalue weighted by Crippen LogP contribution is -2.34. The van der Waals surface area contributed by atoms with Crippen LogP contribution in [0.15, 0.2) is 48.5 Å². The minimum atomic E-state index is 0.507. The van der Waals surface area contributed by atoms with Gasteiger partial charge in [-0.15, -0.1) is 6.42 Å². The van der Waals surface area contributed by atoms with E-state index in [1.807, 2.05) is 30.3 Å². The fraction of sp³-hybridized carbons (Fsp3) is 0.263. The summed E-state index contributed by atoms with van der Waals surface area (Å²) in [6.45, 7) is 0. The standard InChI is InChI=1S/C19H19NO/c1-3-14-7-6-8-16(11-14)20-17-12-15(13-17)18-9-4-5-10-19(18)21-2/h1,4-11,15,17,20H,12-13H2,2H3. The number of hydrogen-bond acceptors (Lipinski definition) is 2. The van der Waals surface area contributed by atoms with E-state index in [1.165, 1.54) is 5.56 Å². The van der Waals surface area contributed by atoms with Crippen molar-refractivity contribution in [1.29, 1.82) is 0 Å². The summed E-state index contributed by atoms with van der Waals surface area (Å²) in [7, 11) is 1.73. The Morgan fingerprint density at radius 1 is 1.14 bits per heavy atom. The Morgan fingerprint density at radius 3 is 2.71 bits per heavy atom. The first-order valence-electron chi connectivity index (χ1n) is 7.26. The van der Waals surface area contributed by atoms with Crippen molar-refractivity contribution >= 4 is 5.69 Å². The summed E-state index contributed by atoms with van der Waals surface area (Å²) < 4.78 is 5.44. The molecule has 1 fully saturated rings. The first kappa shape index (κ1) is 13.6. The summed E-state index contributed by atoms with van der Waals surface area (Å²) in [5, 5.41) is 3.55. The Bertz CT molecular complexity index is 665. The van der Waals surface area contributed by atoms with E-state index in [0.717, 1.165) is 29.8 Å². The van der Waals surface area contributed by atoms with Crippen molar-refractivity contribution in [2.75, 3.05) is 12.4 Å². The highest BCUT2D eigenvalue weighted by atomic mass is 16.5. The minimum Gasteiger partial charge on any atom is -0.496 e. The van der Waals surface area contributed by atoms with Crippen LogP contribution in [0.1, 0.15) is 29.9 Å². The van der Waals surface area contributed by atoms with Gasteiger partial charge in [0.05, 0.1) is 7.11 Å². The maximum Gasteiger partial charge on any atom is 0.122 e. The third-order valence-electron chi connectivity index (χ3n) is 4.12. The van der Waals surface area contributed by atoms with Crippen LogP contribution in [0.3, 0.4) is 0 Å². The van der Waals surface area contributed by atoms with Crippen molar-refractivity contribution in [2.45, 2.75) is 24.8 Å². The van der Waals surface area contributed by atoms with Crippen LogP contribution < -0.4 is 10.1 Å². The molecule has 0 heterocycles. The molecule has 1 aliphatic rings. The molecule has 1 N–H and O–H groups in total. The average Bonchev–Trinajstić information content (AvgIpc) is 2.50. The highest BCUT2D eigenvalue weighted by molar-refractivity contribution is 5.51. The second-order valence-electron chi connectivity index (χ2n) is 5.48. The van der Waals surface area contributed by atoms with Crippen LogP contribution in [0.25, 0.3) is 0 Å². The molecule has 21 heavy (non-hydrogen) atoms. The molecule has 0 radical (unpaired) electrons. The molecule has 0 atom stereocenters. The third kappa shape index (κ3) is 2.87. The fourth-order valence-electron chi connectivity index (χ4n) is 2.93. The quantitative estimate of drug-likeness (QED) is 0.852. The van der Waals surface area contributed by atoms with Gasteiger partial charge in [0.25, 0.3) is 0 Å². The van der Waals surface area contributed by atoms with E-state index in [1.54, 1.807) is 7.11 Å². The van der Waals surface area contributed by atoms with Crippen molar-refractivity contribution in [2.24, 2.45) is 0 Å². The first-order chi connectivity index (χ1) is 10.3. The largest absolute Gasteiger partial charge is 0.496 e. The summed E-state index contributed by atoms with van der Waals surface area (Å²) in [5.41, 5.74) is 3.34. The molecular formula is C19H19NO. The smallest absolute Gasteiger partial charge is 0.122 e. The number of nitrogens with one attached hydrogen (secondary N) is 1. The Labute approximate surface area is 126 Å². The van der Waals surface area contributed by atoms with Gasteiger partial charge < -0.3 is 10.1 Å². The van der Waals surface area contributed by atoms with Gasteiger partial charge in [-0.1, -0.05) is 30.2 Å². The number of anilines is 1. The van der Waals surface area contributed by atoms with Crippen LogP contribution in [0.5, 0.6) is 5.75 Å². The normalized spacial score (nSPS) is 20.2. The summed E-state index contributed by atoms with van der Waals surface area (Å²) in [4.78, 5) is 0. The number of terminal acetylenes is 1. The Balaban J connectivity index is 1.62. The lowest BCUT2D eigenvalue weighted by molar-refractivity contribution is 0.350. The molecule has 0 bridgehead atoms. The number of ether oxygens (including phenoxy) is 1. The summed E-state index contributed by atoms with van der Waals surface area (Å²) in [6.07, 6.45) is 7.69. The Morgan fingerprint density at radius 2 is 1.95 bits per heavy atom. The van der Waals surface area contributed by atoms with Gasteiger partial charge >= 0.3 is 0 Å². The molecular weight excluding hydrogens is 258 g/mol. The van der Waals surface area contributed by atoms with Gasteiger partial charge in [0.2, 0.25) is 0 Å². The van der Waals surface area contributed by atoms with Crippen LogP contribution >= 0.6 is 0 Å². The van der Waals surface area contributed by atoms with Crippen LogP contribution in [0.4, 0.5) is 5.69 Å². The van der Waals surface area contributed by atoms with Crippen LogP contribution in [0.2, 0.25) is 0 Å².